The quantitative estimate of drug-likeness (QED) is 0.747. The van der Waals surface area contributed by atoms with Gasteiger partial charge < -0.3 is 5.73 Å². The molecule has 0 amide bonds. The predicted octanol–water partition coefficient (Wildman–Crippen LogP) is 2.11. The summed E-state index contributed by atoms with van der Waals surface area (Å²) in [5.74, 6) is -0.504. The number of halogens is 3. The molecule has 1 atom stereocenters. The van der Waals surface area contributed by atoms with E-state index in [2.05, 4.69) is 0 Å². The monoisotopic (exact) mass is 304 g/mol. The standard InChI is InChI=1S/C11H23F3N2O2S/c1-4-10(3,9-15)16(5-2)19(17,18)8-6-7-11(12,13)14/h4-9,15H2,1-3H3. The van der Waals surface area contributed by atoms with Gasteiger partial charge in [0.25, 0.3) is 0 Å². The van der Waals surface area contributed by atoms with Crippen LogP contribution in [0.25, 0.3) is 0 Å². The molecule has 0 aromatic heterocycles. The Morgan fingerprint density at radius 3 is 2.05 bits per heavy atom. The van der Waals surface area contributed by atoms with Gasteiger partial charge in [0.15, 0.2) is 0 Å². The summed E-state index contributed by atoms with van der Waals surface area (Å²) in [6.45, 7) is 5.51. The van der Waals surface area contributed by atoms with E-state index in [1.807, 2.05) is 0 Å². The van der Waals surface area contributed by atoms with E-state index >= 15 is 0 Å². The molecule has 0 aliphatic heterocycles. The van der Waals surface area contributed by atoms with Crippen LogP contribution in [0.15, 0.2) is 0 Å². The van der Waals surface area contributed by atoms with Gasteiger partial charge in [-0.25, -0.2) is 8.42 Å². The lowest BCUT2D eigenvalue weighted by Crippen LogP contribution is -2.54. The largest absolute Gasteiger partial charge is 0.389 e. The Bertz CT molecular complexity index is 365. The molecule has 0 fully saturated rings. The molecule has 0 aliphatic rings. The Labute approximate surface area is 113 Å². The van der Waals surface area contributed by atoms with Gasteiger partial charge in [-0.1, -0.05) is 13.8 Å². The number of sulfonamides is 1. The van der Waals surface area contributed by atoms with E-state index in [0.29, 0.717) is 6.42 Å². The average molecular weight is 304 g/mol. The lowest BCUT2D eigenvalue weighted by molar-refractivity contribution is -0.134. The van der Waals surface area contributed by atoms with Gasteiger partial charge >= 0.3 is 6.18 Å². The van der Waals surface area contributed by atoms with E-state index in [1.54, 1.807) is 20.8 Å². The lowest BCUT2D eigenvalue weighted by atomic mass is 9.99. The first-order chi connectivity index (χ1) is 8.52. The molecule has 0 heterocycles. The van der Waals surface area contributed by atoms with E-state index < -0.39 is 40.3 Å². The number of nitrogens with two attached hydrogens (primary N) is 1. The van der Waals surface area contributed by atoms with Gasteiger partial charge in [0, 0.05) is 25.0 Å². The van der Waals surface area contributed by atoms with Gasteiger partial charge in [0.2, 0.25) is 10.0 Å². The molecule has 0 radical (unpaired) electrons. The number of nitrogens with zero attached hydrogens (tertiary/aromatic N) is 1. The molecule has 0 spiro atoms. The summed E-state index contributed by atoms with van der Waals surface area (Å²) < 4.78 is 61.6. The SMILES string of the molecule is CCN(C(C)(CC)CN)S(=O)(=O)CCCC(F)(F)F. The van der Waals surface area contributed by atoms with Crippen molar-refractivity contribution in [3.63, 3.8) is 0 Å². The maximum Gasteiger partial charge on any atom is 0.389 e. The molecule has 0 rings (SSSR count). The summed E-state index contributed by atoms with van der Waals surface area (Å²) in [5, 5.41) is 0. The van der Waals surface area contributed by atoms with Crippen LogP contribution in [0.1, 0.15) is 40.0 Å². The summed E-state index contributed by atoms with van der Waals surface area (Å²) in [7, 11) is -3.72. The second-order valence-electron chi connectivity index (χ2n) is 4.75. The molecule has 0 saturated heterocycles. The molecule has 8 heteroatoms. The summed E-state index contributed by atoms with van der Waals surface area (Å²) in [6.07, 6.45) is -5.33. The number of hydrogen-bond acceptors (Lipinski definition) is 3. The summed E-state index contributed by atoms with van der Waals surface area (Å²) in [5.41, 5.74) is 4.86. The second-order valence-corrected chi connectivity index (χ2v) is 6.77. The fraction of sp³-hybridized carbons (Fsp3) is 1.00. The highest BCUT2D eigenvalue weighted by Gasteiger charge is 2.37. The summed E-state index contributed by atoms with van der Waals surface area (Å²) in [4.78, 5) is 0. The minimum atomic E-state index is -4.32. The van der Waals surface area contributed by atoms with Crippen LogP contribution in [-0.4, -0.2) is 43.3 Å². The molecule has 2 N–H and O–H groups in total. The van der Waals surface area contributed by atoms with Crippen LogP contribution >= 0.6 is 0 Å². The molecule has 0 aliphatic carbocycles. The first-order valence-corrected chi connectivity index (χ1v) is 7.90. The highest BCUT2D eigenvalue weighted by molar-refractivity contribution is 7.89. The van der Waals surface area contributed by atoms with Crippen LogP contribution in [0.4, 0.5) is 13.2 Å². The molecule has 19 heavy (non-hydrogen) atoms. The minimum Gasteiger partial charge on any atom is -0.329 e. The predicted molar refractivity (Wildman–Crippen MR) is 69.2 cm³/mol. The van der Waals surface area contributed by atoms with Gasteiger partial charge in [-0.05, 0) is 19.8 Å². The third-order valence-electron chi connectivity index (χ3n) is 3.29. The Morgan fingerprint density at radius 1 is 1.21 bits per heavy atom. The van der Waals surface area contributed by atoms with E-state index in [1.165, 1.54) is 4.31 Å². The zero-order valence-corrected chi connectivity index (χ0v) is 12.4. The maximum absolute atomic E-state index is 12.1. The van der Waals surface area contributed by atoms with Crippen molar-refractivity contribution in [1.82, 2.24) is 4.31 Å². The van der Waals surface area contributed by atoms with Crippen molar-refractivity contribution in [3.05, 3.63) is 0 Å². The van der Waals surface area contributed by atoms with Crippen molar-refractivity contribution in [2.24, 2.45) is 5.73 Å². The van der Waals surface area contributed by atoms with E-state index in [9.17, 15) is 21.6 Å². The van der Waals surface area contributed by atoms with Crippen molar-refractivity contribution in [2.75, 3.05) is 18.8 Å². The smallest absolute Gasteiger partial charge is 0.329 e. The first-order valence-electron chi connectivity index (χ1n) is 6.29. The molecule has 0 aromatic carbocycles. The summed E-state index contributed by atoms with van der Waals surface area (Å²) >= 11 is 0. The molecule has 0 aromatic rings. The van der Waals surface area contributed by atoms with Crippen molar-refractivity contribution >= 4 is 10.0 Å². The van der Waals surface area contributed by atoms with Gasteiger partial charge in [0.05, 0.1) is 5.75 Å². The Balaban J connectivity index is 4.86. The van der Waals surface area contributed by atoms with Crippen molar-refractivity contribution in [3.8, 4) is 0 Å². The van der Waals surface area contributed by atoms with Crippen LogP contribution in [0, 0.1) is 0 Å². The zero-order chi connectivity index (χ0) is 15.3. The molecule has 0 bridgehead atoms. The van der Waals surface area contributed by atoms with Crippen molar-refractivity contribution in [1.29, 1.82) is 0 Å². The van der Waals surface area contributed by atoms with Gasteiger partial charge in [-0.3, -0.25) is 0 Å². The highest BCUT2D eigenvalue weighted by Crippen LogP contribution is 2.25. The van der Waals surface area contributed by atoms with Gasteiger partial charge in [-0.15, -0.1) is 0 Å². The third kappa shape index (κ3) is 5.66. The van der Waals surface area contributed by atoms with E-state index in [4.69, 9.17) is 5.73 Å². The topological polar surface area (TPSA) is 63.4 Å². The minimum absolute atomic E-state index is 0.135. The number of alkyl halides is 3. The van der Waals surface area contributed by atoms with Crippen molar-refractivity contribution < 1.29 is 21.6 Å². The zero-order valence-electron chi connectivity index (χ0n) is 11.6. The van der Waals surface area contributed by atoms with Crippen LogP contribution < -0.4 is 5.73 Å². The van der Waals surface area contributed by atoms with Crippen LogP contribution in [0.3, 0.4) is 0 Å². The highest BCUT2D eigenvalue weighted by atomic mass is 32.2. The van der Waals surface area contributed by atoms with Crippen LogP contribution in [0.5, 0.6) is 0 Å². The lowest BCUT2D eigenvalue weighted by Gasteiger charge is -2.38. The fourth-order valence-electron chi connectivity index (χ4n) is 1.90. The van der Waals surface area contributed by atoms with E-state index in [0.717, 1.165) is 0 Å². The molecule has 1 unspecified atom stereocenters. The van der Waals surface area contributed by atoms with Crippen molar-refractivity contribution in [2.45, 2.75) is 51.7 Å². The molecule has 116 valence electrons. The Kier molecular flexibility index (Phi) is 6.77. The fourth-order valence-corrected chi connectivity index (χ4v) is 3.90. The maximum atomic E-state index is 12.1. The van der Waals surface area contributed by atoms with Crippen LogP contribution in [0.2, 0.25) is 0 Å². The van der Waals surface area contributed by atoms with E-state index in [-0.39, 0.29) is 13.1 Å². The number of likely N-dealkylation sites (N-methyl/N-ethyl adjacent to an activating group) is 1. The average Bonchev–Trinajstić information content (AvgIpc) is 2.27. The summed E-state index contributed by atoms with van der Waals surface area (Å²) in [6, 6.07) is 0. The molecular formula is C11H23F3N2O2S. The second kappa shape index (κ2) is 6.90. The normalized spacial score (nSPS) is 16.6. The van der Waals surface area contributed by atoms with Crippen LogP contribution in [-0.2, 0) is 10.0 Å². The molecule has 0 saturated carbocycles. The number of hydrogen-bond donors (Lipinski definition) is 1. The van der Waals surface area contributed by atoms with Gasteiger partial charge in [0.1, 0.15) is 0 Å². The third-order valence-corrected chi connectivity index (χ3v) is 5.46. The first kappa shape index (κ1) is 18.7. The Morgan fingerprint density at radius 2 is 1.74 bits per heavy atom. The van der Waals surface area contributed by atoms with Gasteiger partial charge in [-0.2, -0.15) is 17.5 Å². The molecular weight excluding hydrogens is 281 g/mol. The molecule has 4 nitrogen and oxygen atoms in total. The Hall–Kier alpha value is -0.340. The number of rotatable bonds is 8.